The Morgan fingerprint density at radius 2 is 2.00 bits per heavy atom. The molecule has 0 saturated heterocycles. The van der Waals surface area contributed by atoms with Crippen LogP contribution in [0, 0.1) is 0 Å². The van der Waals surface area contributed by atoms with Crippen LogP contribution in [0.25, 0.3) is 0 Å². The van der Waals surface area contributed by atoms with E-state index in [9.17, 15) is 0 Å². The molecule has 1 aromatic carbocycles. The second-order valence-electron chi connectivity index (χ2n) is 5.25. The molecule has 0 amide bonds. The van der Waals surface area contributed by atoms with E-state index < -0.39 is 0 Å². The average Bonchev–Trinajstić information content (AvgIpc) is 2.49. The quantitative estimate of drug-likeness (QED) is 0.929. The second kappa shape index (κ2) is 5.49. The van der Waals surface area contributed by atoms with Crippen LogP contribution in [-0.4, -0.2) is 16.5 Å². The van der Waals surface area contributed by atoms with Gasteiger partial charge in [-0.1, -0.05) is 37.6 Å². The van der Waals surface area contributed by atoms with E-state index in [4.69, 9.17) is 5.73 Å². The summed E-state index contributed by atoms with van der Waals surface area (Å²) in [6.45, 7) is 4.05. The molecule has 0 atom stereocenters. The van der Waals surface area contributed by atoms with Crippen molar-refractivity contribution in [1.82, 2.24) is 9.97 Å². The van der Waals surface area contributed by atoms with Crippen molar-refractivity contribution >= 4 is 11.6 Å². The maximum atomic E-state index is 6.03. The number of nitrogens with zero attached hydrogens (tertiary/aromatic N) is 3. The summed E-state index contributed by atoms with van der Waals surface area (Å²) in [6, 6.07) is 8.63. The molecule has 1 aromatic heterocycles. The van der Waals surface area contributed by atoms with Crippen LogP contribution in [0.2, 0.25) is 0 Å². The summed E-state index contributed by atoms with van der Waals surface area (Å²) in [5.41, 5.74) is 9.96. The first-order valence-electron chi connectivity index (χ1n) is 7.20. The van der Waals surface area contributed by atoms with Crippen LogP contribution in [0.1, 0.15) is 30.0 Å². The van der Waals surface area contributed by atoms with Gasteiger partial charge >= 0.3 is 0 Å². The van der Waals surface area contributed by atoms with Gasteiger partial charge in [-0.25, -0.2) is 9.97 Å². The molecular weight excluding hydrogens is 248 g/mol. The molecule has 2 aromatic rings. The number of anilines is 2. The first kappa shape index (κ1) is 12.9. The first-order chi connectivity index (χ1) is 9.79. The molecule has 2 heterocycles. The van der Waals surface area contributed by atoms with Gasteiger partial charge in [-0.2, -0.15) is 0 Å². The molecule has 20 heavy (non-hydrogen) atoms. The van der Waals surface area contributed by atoms with E-state index in [1.54, 1.807) is 6.33 Å². The highest BCUT2D eigenvalue weighted by Crippen LogP contribution is 2.28. The van der Waals surface area contributed by atoms with E-state index in [-0.39, 0.29) is 0 Å². The molecular formula is C16H20N4. The topological polar surface area (TPSA) is 55.0 Å². The molecule has 1 aliphatic rings. The molecule has 0 saturated carbocycles. The SMILES string of the molecule is CCCc1c(N)ncnc1N1CCc2ccccc2C1. The minimum absolute atomic E-state index is 0.621. The predicted molar refractivity (Wildman–Crippen MR) is 81.6 cm³/mol. The van der Waals surface area contributed by atoms with Crippen molar-refractivity contribution in [3.63, 3.8) is 0 Å². The number of benzene rings is 1. The summed E-state index contributed by atoms with van der Waals surface area (Å²) in [5.74, 6) is 1.63. The lowest BCUT2D eigenvalue weighted by Crippen LogP contribution is -2.32. The lowest BCUT2D eigenvalue weighted by molar-refractivity contribution is 0.711. The molecule has 104 valence electrons. The van der Waals surface area contributed by atoms with E-state index in [0.29, 0.717) is 5.82 Å². The van der Waals surface area contributed by atoms with Crippen LogP contribution >= 0.6 is 0 Å². The van der Waals surface area contributed by atoms with Crippen LogP contribution in [0.15, 0.2) is 30.6 Å². The highest BCUT2D eigenvalue weighted by Gasteiger charge is 2.20. The van der Waals surface area contributed by atoms with Gasteiger partial charge in [-0.15, -0.1) is 0 Å². The van der Waals surface area contributed by atoms with E-state index in [2.05, 4.69) is 46.1 Å². The first-order valence-corrected chi connectivity index (χ1v) is 7.20. The number of hydrogen-bond donors (Lipinski definition) is 1. The lowest BCUT2D eigenvalue weighted by atomic mass is 9.99. The second-order valence-corrected chi connectivity index (χ2v) is 5.25. The normalized spacial score (nSPS) is 14.2. The summed E-state index contributed by atoms with van der Waals surface area (Å²) < 4.78 is 0. The van der Waals surface area contributed by atoms with Crippen molar-refractivity contribution in [2.24, 2.45) is 0 Å². The molecule has 0 spiro atoms. The summed E-state index contributed by atoms with van der Waals surface area (Å²) in [6.07, 6.45) is 4.62. The van der Waals surface area contributed by atoms with Crippen molar-refractivity contribution in [2.75, 3.05) is 17.2 Å². The summed E-state index contributed by atoms with van der Waals surface area (Å²) in [4.78, 5) is 11.0. The van der Waals surface area contributed by atoms with Crippen LogP contribution in [0.5, 0.6) is 0 Å². The van der Waals surface area contributed by atoms with Crippen molar-refractivity contribution in [2.45, 2.75) is 32.7 Å². The van der Waals surface area contributed by atoms with Crippen LogP contribution < -0.4 is 10.6 Å². The van der Waals surface area contributed by atoms with Crippen molar-refractivity contribution in [1.29, 1.82) is 0 Å². The fourth-order valence-corrected chi connectivity index (χ4v) is 2.86. The smallest absolute Gasteiger partial charge is 0.137 e. The van der Waals surface area contributed by atoms with Crippen molar-refractivity contribution in [3.8, 4) is 0 Å². The summed E-state index contributed by atoms with van der Waals surface area (Å²) >= 11 is 0. The van der Waals surface area contributed by atoms with Crippen LogP contribution in [0.4, 0.5) is 11.6 Å². The zero-order valence-electron chi connectivity index (χ0n) is 11.8. The molecule has 4 nitrogen and oxygen atoms in total. The number of rotatable bonds is 3. The fourth-order valence-electron chi connectivity index (χ4n) is 2.86. The minimum atomic E-state index is 0.621. The number of fused-ring (bicyclic) bond motifs is 1. The van der Waals surface area contributed by atoms with E-state index in [0.717, 1.165) is 43.7 Å². The zero-order valence-corrected chi connectivity index (χ0v) is 11.8. The van der Waals surface area contributed by atoms with Crippen molar-refractivity contribution < 1.29 is 0 Å². The Hall–Kier alpha value is -2.10. The third kappa shape index (κ3) is 2.33. The molecule has 2 N–H and O–H groups in total. The number of aromatic nitrogens is 2. The van der Waals surface area contributed by atoms with Gasteiger partial charge in [0, 0.05) is 18.7 Å². The van der Waals surface area contributed by atoms with Crippen molar-refractivity contribution in [3.05, 3.63) is 47.3 Å². The predicted octanol–water partition coefficient (Wildman–Crippen LogP) is 2.57. The summed E-state index contributed by atoms with van der Waals surface area (Å²) in [7, 11) is 0. The molecule has 0 bridgehead atoms. The molecule has 0 radical (unpaired) electrons. The average molecular weight is 268 g/mol. The Balaban J connectivity index is 1.93. The zero-order chi connectivity index (χ0) is 13.9. The Morgan fingerprint density at radius 1 is 1.20 bits per heavy atom. The maximum Gasteiger partial charge on any atom is 0.137 e. The highest BCUT2D eigenvalue weighted by molar-refractivity contribution is 5.57. The van der Waals surface area contributed by atoms with Gasteiger partial charge < -0.3 is 10.6 Å². The number of nitrogen functional groups attached to an aromatic ring is 1. The van der Waals surface area contributed by atoms with Gasteiger partial charge in [-0.05, 0) is 24.0 Å². The van der Waals surface area contributed by atoms with Gasteiger partial charge in [-0.3, -0.25) is 0 Å². The Kier molecular flexibility index (Phi) is 3.54. The largest absolute Gasteiger partial charge is 0.383 e. The number of nitrogens with two attached hydrogens (primary N) is 1. The Morgan fingerprint density at radius 3 is 2.80 bits per heavy atom. The van der Waals surface area contributed by atoms with E-state index >= 15 is 0 Å². The van der Waals surface area contributed by atoms with Gasteiger partial charge in [0.25, 0.3) is 0 Å². The minimum Gasteiger partial charge on any atom is -0.383 e. The van der Waals surface area contributed by atoms with Gasteiger partial charge in [0.15, 0.2) is 0 Å². The monoisotopic (exact) mass is 268 g/mol. The molecule has 1 aliphatic heterocycles. The van der Waals surface area contributed by atoms with E-state index in [1.807, 2.05) is 0 Å². The summed E-state index contributed by atoms with van der Waals surface area (Å²) in [5, 5.41) is 0. The van der Waals surface area contributed by atoms with Crippen LogP contribution in [0.3, 0.4) is 0 Å². The molecule has 3 rings (SSSR count). The molecule has 4 heteroatoms. The van der Waals surface area contributed by atoms with Gasteiger partial charge in [0.1, 0.15) is 18.0 Å². The third-order valence-electron chi connectivity index (χ3n) is 3.89. The standard InChI is InChI=1S/C16H20N4/c1-2-5-14-15(17)18-11-19-16(14)20-9-8-12-6-3-4-7-13(12)10-20/h3-4,6-7,11H,2,5,8-10H2,1H3,(H2,17,18,19). The Labute approximate surface area is 119 Å². The molecule has 0 fully saturated rings. The molecule has 0 aliphatic carbocycles. The molecule has 0 unspecified atom stereocenters. The third-order valence-corrected chi connectivity index (χ3v) is 3.89. The van der Waals surface area contributed by atoms with Gasteiger partial charge in [0.05, 0.1) is 0 Å². The van der Waals surface area contributed by atoms with E-state index in [1.165, 1.54) is 11.1 Å². The highest BCUT2D eigenvalue weighted by atomic mass is 15.2. The lowest BCUT2D eigenvalue weighted by Gasteiger charge is -2.31. The van der Waals surface area contributed by atoms with Gasteiger partial charge in [0.2, 0.25) is 0 Å². The number of hydrogen-bond acceptors (Lipinski definition) is 4. The fraction of sp³-hybridized carbons (Fsp3) is 0.375. The van der Waals surface area contributed by atoms with Crippen LogP contribution in [-0.2, 0) is 19.4 Å². The maximum absolute atomic E-state index is 6.03. The Bertz CT molecular complexity index is 609.